The molecule has 0 fully saturated rings. The van der Waals surface area contributed by atoms with E-state index in [4.69, 9.17) is 14.2 Å². The number of benzene rings is 2. The van der Waals surface area contributed by atoms with Gasteiger partial charge in [0.25, 0.3) is 5.91 Å². The van der Waals surface area contributed by atoms with Crippen molar-refractivity contribution in [3.05, 3.63) is 42.0 Å². The summed E-state index contributed by atoms with van der Waals surface area (Å²) in [6.45, 7) is 5.08. The van der Waals surface area contributed by atoms with Crippen molar-refractivity contribution < 1.29 is 27.4 Å². The van der Waals surface area contributed by atoms with Crippen LogP contribution < -0.4 is 19.5 Å². The normalized spacial score (nSPS) is 13.2. The van der Waals surface area contributed by atoms with Crippen LogP contribution in [0.1, 0.15) is 24.2 Å². The molecule has 29 heavy (non-hydrogen) atoms. The molecule has 0 radical (unpaired) electrons. The summed E-state index contributed by atoms with van der Waals surface area (Å²) in [4.78, 5) is 12.9. The Morgan fingerprint density at radius 1 is 1.14 bits per heavy atom. The SMILES string of the molecule is CCN(CC)S(=O)(=O)c1cccc(NC(=O)c2cc(OC)c3c(c2)OCCO3)c1. The third-order valence-corrected chi connectivity index (χ3v) is 6.57. The van der Waals surface area contributed by atoms with Gasteiger partial charge in [-0.1, -0.05) is 19.9 Å². The predicted molar refractivity (Wildman–Crippen MR) is 108 cm³/mol. The third-order valence-electron chi connectivity index (χ3n) is 4.53. The number of anilines is 1. The molecule has 8 nitrogen and oxygen atoms in total. The van der Waals surface area contributed by atoms with E-state index in [2.05, 4.69) is 5.32 Å². The summed E-state index contributed by atoms with van der Waals surface area (Å²) >= 11 is 0. The summed E-state index contributed by atoms with van der Waals surface area (Å²) in [7, 11) is -2.14. The van der Waals surface area contributed by atoms with Gasteiger partial charge in [-0.15, -0.1) is 0 Å². The second-order valence-corrected chi connectivity index (χ2v) is 8.21. The first-order valence-corrected chi connectivity index (χ1v) is 10.7. The fourth-order valence-electron chi connectivity index (χ4n) is 3.05. The lowest BCUT2D eigenvalue weighted by Gasteiger charge is -2.21. The molecule has 2 aromatic rings. The molecule has 156 valence electrons. The number of rotatable bonds is 7. The van der Waals surface area contributed by atoms with E-state index in [0.29, 0.717) is 54.8 Å². The van der Waals surface area contributed by atoms with Crippen LogP contribution in [0.25, 0.3) is 0 Å². The van der Waals surface area contributed by atoms with Crippen molar-refractivity contribution in [1.82, 2.24) is 4.31 Å². The first-order valence-electron chi connectivity index (χ1n) is 9.29. The summed E-state index contributed by atoms with van der Waals surface area (Å²) in [5.41, 5.74) is 0.681. The lowest BCUT2D eigenvalue weighted by molar-refractivity contribution is 0.102. The fraction of sp³-hybridized carbons (Fsp3) is 0.350. The lowest BCUT2D eigenvalue weighted by atomic mass is 10.1. The van der Waals surface area contributed by atoms with Gasteiger partial charge in [-0.3, -0.25) is 4.79 Å². The lowest BCUT2D eigenvalue weighted by Crippen LogP contribution is -2.30. The first kappa shape index (κ1) is 20.9. The van der Waals surface area contributed by atoms with Crippen LogP contribution in [0.3, 0.4) is 0 Å². The molecule has 0 spiro atoms. The van der Waals surface area contributed by atoms with Gasteiger partial charge in [-0.05, 0) is 30.3 Å². The zero-order valence-corrected chi connectivity index (χ0v) is 17.4. The van der Waals surface area contributed by atoms with Gasteiger partial charge >= 0.3 is 0 Å². The monoisotopic (exact) mass is 420 g/mol. The van der Waals surface area contributed by atoms with Crippen LogP contribution in [-0.4, -0.2) is 52.0 Å². The molecule has 1 amide bonds. The molecule has 9 heteroatoms. The second kappa shape index (κ2) is 8.71. The minimum absolute atomic E-state index is 0.124. The molecule has 0 unspecified atom stereocenters. The summed E-state index contributed by atoms with van der Waals surface area (Å²) in [5, 5.41) is 2.73. The molecule has 0 atom stereocenters. The molecule has 1 heterocycles. The summed E-state index contributed by atoms with van der Waals surface area (Å²) in [5.74, 6) is 0.865. The number of amides is 1. The summed E-state index contributed by atoms with van der Waals surface area (Å²) in [6, 6.07) is 9.31. The summed E-state index contributed by atoms with van der Waals surface area (Å²) < 4.78 is 43.2. The van der Waals surface area contributed by atoms with E-state index < -0.39 is 15.9 Å². The Morgan fingerprint density at radius 3 is 2.55 bits per heavy atom. The van der Waals surface area contributed by atoms with Crippen LogP contribution in [-0.2, 0) is 10.0 Å². The molecule has 1 N–H and O–H groups in total. The van der Waals surface area contributed by atoms with Crippen molar-refractivity contribution in [3.63, 3.8) is 0 Å². The minimum Gasteiger partial charge on any atom is -0.493 e. The van der Waals surface area contributed by atoms with Crippen molar-refractivity contribution in [2.45, 2.75) is 18.7 Å². The largest absolute Gasteiger partial charge is 0.493 e. The minimum atomic E-state index is -3.62. The van der Waals surface area contributed by atoms with Crippen LogP contribution in [0.2, 0.25) is 0 Å². The van der Waals surface area contributed by atoms with E-state index in [0.717, 1.165) is 0 Å². The average Bonchev–Trinajstić information content (AvgIpc) is 2.73. The van der Waals surface area contributed by atoms with Crippen molar-refractivity contribution in [2.75, 3.05) is 38.7 Å². The highest BCUT2D eigenvalue weighted by Crippen LogP contribution is 2.40. The Bertz CT molecular complexity index is 985. The molecule has 1 aliphatic heterocycles. The number of hydrogen-bond donors (Lipinski definition) is 1. The third kappa shape index (κ3) is 4.30. The molecule has 2 aromatic carbocycles. The van der Waals surface area contributed by atoms with E-state index in [1.807, 2.05) is 0 Å². The number of nitrogens with one attached hydrogen (secondary N) is 1. The zero-order chi connectivity index (χ0) is 21.0. The number of nitrogens with zero attached hydrogens (tertiary/aromatic N) is 1. The van der Waals surface area contributed by atoms with Crippen LogP contribution in [0.5, 0.6) is 17.2 Å². The van der Waals surface area contributed by atoms with Gasteiger partial charge in [0.15, 0.2) is 11.5 Å². The maximum absolute atomic E-state index is 12.8. The van der Waals surface area contributed by atoms with E-state index in [-0.39, 0.29) is 4.90 Å². The second-order valence-electron chi connectivity index (χ2n) is 6.27. The standard InChI is InChI=1S/C20H24N2O6S/c1-4-22(5-2)29(24,25)16-8-6-7-15(13-16)21-20(23)14-11-17(26-3)19-18(12-14)27-9-10-28-19/h6-8,11-13H,4-5,9-10H2,1-3H3,(H,21,23). The van der Waals surface area contributed by atoms with E-state index in [9.17, 15) is 13.2 Å². The molecule has 1 aliphatic rings. The van der Waals surface area contributed by atoms with Crippen molar-refractivity contribution in [2.24, 2.45) is 0 Å². The Kier molecular flexibility index (Phi) is 6.29. The van der Waals surface area contributed by atoms with Gasteiger partial charge in [0.1, 0.15) is 13.2 Å². The van der Waals surface area contributed by atoms with Gasteiger partial charge in [0.05, 0.1) is 12.0 Å². The highest BCUT2D eigenvalue weighted by molar-refractivity contribution is 7.89. The van der Waals surface area contributed by atoms with Crippen molar-refractivity contribution in [3.8, 4) is 17.2 Å². The highest BCUT2D eigenvalue weighted by Gasteiger charge is 2.23. The van der Waals surface area contributed by atoms with Crippen LogP contribution in [0.15, 0.2) is 41.3 Å². The van der Waals surface area contributed by atoms with Crippen molar-refractivity contribution in [1.29, 1.82) is 0 Å². The Hall–Kier alpha value is -2.78. The fourth-order valence-corrected chi connectivity index (χ4v) is 4.56. The molecule has 0 saturated heterocycles. The van der Waals surface area contributed by atoms with Gasteiger partial charge in [-0.2, -0.15) is 4.31 Å². The highest BCUT2D eigenvalue weighted by atomic mass is 32.2. The van der Waals surface area contributed by atoms with E-state index in [1.54, 1.807) is 38.1 Å². The number of carbonyl (C=O) groups is 1. The number of sulfonamides is 1. The molecule has 0 bridgehead atoms. The smallest absolute Gasteiger partial charge is 0.255 e. The van der Waals surface area contributed by atoms with Gasteiger partial charge in [0.2, 0.25) is 15.8 Å². The van der Waals surface area contributed by atoms with Crippen molar-refractivity contribution >= 4 is 21.6 Å². The maximum Gasteiger partial charge on any atom is 0.255 e. The number of carbonyl (C=O) groups excluding carboxylic acids is 1. The Balaban J connectivity index is 1.87. The molecule has 0 aliphatic carbocycles. The molecular weight excluding hydrogens is 396 g/mol. The number of methoxy groups -OCH3 is 1. The van der Waals surface area contributed by atoms with Crippen LogP contribution >= 0.6 is 0 Å². The van der Waals surface area contributed by atoms with E-state index in [1.165, 1.54) is 23.5 Å². The molecule has 0 aromatic heterocycles. The zero-order valence-electron chi connectivity index (χ0n) is 16.6. The van der Waals surface area contributed by atoms with Crippen LogP contribution in [0, 0.1) is 0 Å². The van der Waals surface area contributed by atoms with E-state index >= 15 is 0 Å². The Morgan fingerprint density at radius 2 is 1.86 bits per heavy atom. The number of fused-ring (bicyclic) bond motifs is 1. The number of ether oxygens (including phenoxy) is 3. The van der Waals surface area contributed by atoms with Gasteiger partial charge in [-0.25, -0.2) is 8.42 Å². The van der Waals surface area contributed by atoms with Gasteiger partial charge in [0, 0.05) is 24.3 Å². The summed E-state index contributed by atoms with van der Waals surface area (Å²) in [6.07, 6.45) is 0. The first-order chi connectivity index (χ1) is 13.9. The molecule has 3 rings (SSSR count). The predicted octanol–water partition coefficient (Wildman–Crippen LogP) is 2.75. The maximum atomic E-state index is 12.8. The quantitative estimate of drug-likeness (QED) is 0.740. The molecular formula is C20H24N2O6S. The van der Waals surface area contributed by atoms with Crippen LogP contribution in [0.4, 0.5) is 5.69 Å². The average molecular weight is 420 g/mol. The van der Waals surface area contributed by atoms with Gasteiger partial charge < -0.3 is 19.5 Å². The number of hydrogen-bond acceptors (Lipinski definition) is 6. The molecule has 0 saturated carbocycles. The topological polar surface area (TPSA) is 94.2 Å². The Labute approximate surface area is 170 Å².